The van der Waals surface area contributed by atoms with Gasteiger partial charge in [0.05, 0.1) is 12.1 Å². The number of nitrogens with one attached hydrogen (secondary N) is 1. The molecule has 5 nitrogen and oxygen atoms in total. The number of hydrogen-bond acceptors (Lipinski definition) is 3. The minimum atomic E-state index is -4.48. The normalized spacial score (nSPS) is 20.0. The van der Waals surface area contributed by atoms with Gasteiger partial charge in [-0.05, 0) is 24.8 Å². The minimum Gasteiger partial charge on any atom is -0.345 e. The maximum Gasteiger partial charge on any atom is 0.397 e. The Morgan fingerprint density at radius 1 is 1.04 bits per heavy atom. The van der Waals surface area contributed by atoms with Gasteiger partial charge in [-0.2, -0.15) is 13.2 Å². The summed E-state index contributed by atoms with van der Waals surface area (Å²) in [6.07, 6.45) is -3.03. The Balaban J connectivity index is 1.48. The monoisotopic (exact) mass is 383 g/mol. The van der Waals surface area contributed by atoms with Crippen LogP contribution in [0.5, 0.6) is 0 Å². The van der Waals surface area contributed by atoms with Gasteiger partial charge in [0.25, 0.3) is 0 Å². The van der Waals surface area contributed by atoms with Crippen molar-refractivity contribution >= 4 is 11.8 Å². The van der Waals surface area contributed by atoms with E-state index in [1.807, 2.05) is 35.2 Å². The van der Waals surface area contributed by atoms with Crippen LogP contribution in [-0.4, -0.2) is 60.5 Å². The molecule has 3 rings (SSSR count). The molecular formula is C19H24F3N3O2. The molecule has 2 aliphatic rings. The van der Waals surface area contributed by atoms with Gasteiger partial charge >= 0.3 is 6.18 Å². The van der Waals surface area contributed by atoms with Crippen molar-refractivity contribution in [2.45, 2.75) is 37.4 Å². The number of piperazine rings is 1. The molecule has 27 heavy (non-hydrogen) atoms. The van der Waals surface area contributed by atoms with Crippen LogP contribution in [0.25, 0.3) is 0 Å². The Bertz CT molecular complexity index is 667. The summed E-state index contributed by atoms with van der Waals surface area (Å²) in [5.74, 6) is -0.988. The van der Waals surface area contributed by atoms with E-state index in [1.165, 1.54) is 4.90 Å². The molecule has 1 aromatic rings. The number of alkyl halides is 3. The van der Waals surface area contributed by atoms with Crippen molar-refractivity contribution in [3.63, 3.8) is 0 Å². The van der Waals surface area contributed by atoms with E-state index in [-0.39, 0.29) is 31.1 Å². The Hall–Kier alpha value is -2.09. The van der Waals surface area contributed by atoms with Crippen molar-refractivity contribution in [3.05, 3.63) is 35.9 Å². The van der Waals surface area contributed by atoms with Crippen molar-refractivity contribution in [2.75, 3.05) is 32.7 Å². The molecule has 0 bridgehead atoms. The van der Waals surface area contributed by atoms with Gasteiger partial charge in [-0.25, -0.2) is 0 Å². The van der Waals surface area contributed by atoms with E-state index in [0.29, 0.717) is 13.1 Å². The summed E-state index contributed by atoms with van der Waals surface area (Å²) in [6.45, 7) is 1.42. The second-order valence-electron chi connectivity index (χ2n) is 7.30. The van der Waals surface area contributed by atoms with E-state index in [1.54, 1.807) is 0 Å². The first kappa shape index (κ1) is 19.7. The predicted molar refractivity (Wildman–Crippen MR) is 93.8 cm³/mol. The SMILES string of the molecule is O=C(CN1CCN(C(=O)CC(F)(F)F)CC1)NC1(c2ccccc2)CCC1. The zero-order valence-electron chi connectivity index (χ0n) is 15.1. The van der Waals surface area contributed by atoms with Crippen LogP contribution >= 0.6 is 0 Å². The maximum atomic E-state index is 12.5. The van der Waals surface area contributed by atoms with Crippen LogP contribution in [0.2, 0.25) is 0 Å². The van der Waals surface area contributed by atoms with Gasteiger partial charge in [-0.1, -0.05) is 30.3 Å². The zero-order valence-corrected chi connectivity index (χ0v) is 15.1. The van der Waals surface area contributed by atoms with Crippen LogP contribution < -0.4 is 5.32 Å². The van der Waals surface area contributed by atoms with Gasteiger partial charge in [-0.15, -0.1) is 0 Å². The van der Waals surface area contributed by atoms with Crippen molar-refractivity contribution in [2.24, 2.45) is 0 Å². The first-order chi connectivity index (χ1) is 12.8. The van der Waals surface area contributed by atoms with Gasteiger partial charge < -0.3 is 10.2 Å². The lowest BCUT2D eigenvalue weighted by molar-refractivity contribution is -0.162. The van der Waals surface area contributed by atoms with E-state index in [0.717, 1.165) is 24.8 Å². The maximum absolute atomic E-state index is 12.5. The number of nitrogens with zero attached hydrogens (tertiary/aromatic N) is 2. The summed E-state index contributed by atoms with van der Waals surface area (Å²) >= 11 is 0. The second-order valence-corrected chi connectivity index (χ2v) is 7.30. The molecule has 1 aliphatic carbocycles. The average molecular weight is 383 g/mol. The molecule has 0 unspecified atom stereocenters. The molecule has 1 aromatic carbocycles. The van der Waals surface area contributed by atoms with Crippen LogP contribution in [0.4, 0.5) is 13.2 Å². The number of amides is 2. The molecule has 1 aliphatic heterocycles. The van der Waals surface area contributed by atoms with Crippen LogP contribution in [0, 0.1) is 0 Å². The van der Waals surface area contributed by atoms with Crippen molar-refractivity contribution in [1.29, 1.82) is 0 Å². The standard InChI is InChI=1S/C19H24F3N3O2/c20-19(21,22)13-17(27)25-11-9-24(10-12-25)14-16(26)23-18(7-4-8-18)15-5-2-1-3-6-15/h1-3,5-6H,4,7-14H2,(H,23,26). The fourth-order valence-corrected chi connectivity index (χ4v) is 3.72. The summed E-state index contributed by atoms with van der Waals surface area (Å²) in [5, 5.41) is 3.15. The summed E-state index contributed by atoms with van der Waals surface area (Å²) in [4.78, 5) is 27.3. The Morgan fingerprint density at radius 2 is 1.67 bits per heavy atom. The fraction of sp³-hybridized carbons (Fsp3) is 0.579. The number of halogens is 3. The largest absolute Gasteiger partial charge is 0.397 e. The smallest absolute Gasteiger partial charge is 0.345 e. The Kier molecular flexibility index (Phi) is 5.74. The average Bonchev–Trinajstić information content (AvgIpc) is 2.58. The molecule has 0 radical (unpaired) electrons. The van der Waals surface area contributed by atoms with Gasteiger partial charge in [0.1, 0.15) is 6.42 Å². The van der Waals surface area contributed by atoms with Gasteiger partial charge in [0.15, 0.2) is 0 Å². The predicted octanol–water partition coefficient (Wildman–Crippen LogP) is 2.28. The van der Waals surface area contributed by atoms with E-state index >= 15 is 0 Å². The molecule has 0 atom stereocenters. The van der Waals surface area contributed by atoms with Gasteiger partial charge in [-0.3, -0.25) is 14.5 Å². The summed E-state index contributed by atoms with van der Waals surface area (Å²) in [7, 11) is 0. The Morgan fingerprint density at radius 3 is 2.19 bits per heavy atom. The van der Waals surface area contributed by atoms with Crippen LogP contribution in [-0.2, 0) is 15.1 Å². The quantitative estimate of drug-likeness (QED) is 0.849. The third-order valence-electron chi connectivity index (χ3n) is 5.36. The molecule has 2 amide bonds. The van der Waals surface area contributed by atoms with E-state index < -0.39 is 18.5 Å². The fourth-order valence-electron chi connectivity index (χ4n) is 3.72. The number of carbonyl (C=O) groups is 2. The van der Waals surface area contributed by atoms with Crippen LogP contribution in [0.1, 0.15) is 31.2 Å². The van der Waals surface area contributed by atoms with Crippen LogP contribution in [0.3, 0.4) is 0 Å². The summed E-state index contributed by atoms with van der Waals surface area (Å²) in [6, 6.07) is 9.89. The summed E-state index contributed by atoms with van der Waals surface area (Å²) < 4.78 is 37.0. The summed E-state index contributed by atoms with van der Waals surface area (Å²) in [5.41, 5.74) is 0.801. The topological polar surface area (TPSA) is 52.7 Å². The Labute approximate surface area is 156 Å². The third kappa shape index (κ3) is 5.00. The molecule has 1 N–H and O–H groups in total. The highest BCUT2D eigenvalue weighted by Crippen LogP contribution is 2.41. The number of carbonyl (C=O) groups excluding carboxylic acids is 2. The van der Waals surface area contributed by atoms with Gasteiger partial charge in [0.2, 0.25) is 11.8 Å². The zero-order chi connectivity index (χ0) is 19.5. The molecule has 1 saturated heterocycles. The number of rotatable bonds is 5. The minimum absolute atomic E-state index is 0.0892. The highest BCUT2D eigenvalue weighted by molar-refractivity contribution is 5.79. The second kappa shape index (κ2) is 7.88. The van der Waals surface area contributed by atoms with E-state index in [2.05, 4.69) is 5.32 Å². The highest BCUT2D eigenvalue weighted by Gasteiger charge is 2.40. The molecular weight excluding hydrogens is 359 g/mol. The lowest BCUT2D eigenvalue weighted by atomic mass is 9.72. The van der Waals surface area contributed by atoms with Crippen molar-refractivity contribution in [1.82, 2.24) is 15.1 Å². The molecule has 1 saturated carbocycles. The molecule has 1 heterocycles. The van der Waals surface area contributed by atoms with E-state index in [4.69, 9.17) is 0 Å². The molecule has 2 fully saturated rings. The molecule has 8 heteroatoms. The third-order valence-corrected chi connectivity index (χ3v) is 5.36. The van der Waals surface area contributed by atoms with E-state index in [9.17, 15) is 22.8 Å². The van der Waals surface area contributed by atoms with Gasteiger partial charge in [0, 0.05) is 26.2 Å². The lowest BCUT2D eigenvalue weighted by Gasteiger charge is -2.44. The van der Waals surface area contributed by atoms with Crippen molar-refractivity contribution in [3.8, 4) is 0 Å². The van der Waals surface area contributed by atoms with Crippen LogP contribution in [0.15, 0.2) is 30.3 Å². The number of hydrogen-bond donors (Lipinski definition) is 1. The molecule has 0 spiro atoms. The lowest BCUT2D eigenvalue weighted by Crippen LogP contribution is -2.55. The molecule has 148 valence electrons. The molecule has 0 aromatic heterocycles. The first-order valence-corrected chi connectivity index (χ1v) is 9.21. The van der Waals surface area contributed by atoms with Crippen molar-refractivity contribution < 1.29 is 22.8 Å². The first-order valence-electron chi connectivity index (χ1n) is 9.21. The number of benzene rings is 1. The highest BCUT2D eigenvalue weighted by atomic mass is 19.4.